The van der Waals surface area contributed by atoms with Crippen LogP contribution in [0.2, 0.25) is 0 Å². The molecule has 7 rings (SSSR count). The molecule has 0 unspecified atom stereocenters. The summed E-state index contributed by atoms with van der Waals surface area (Å²) in [5, 5.41) is 17.3. The first-order valence-electron chi connectivity index (χ1n) is 14.1. The second-order valence-corrected chi connectivity index (χ2v) is 14.2. The van der Waals surface area contributed by atoms with Crippen molar-refractivity contribution in [3.8, 4) is 0 Å². The van der Waals surface area contributed by atoms with Gasteiger partial charge in [0.15, 0.2) is 11.3 Å². The summed E-state index contributed by atoms with van der Waals surface area (Å²) < 4.78 is 18.5. The average molecular weight is 567 g/mol. The summed E-state index contributed by atoms with van der Waals surface area (Å²) in [6, 6.07) is 18.7. The van der Waals surface area contributed by atoms with Crippen LogP contribution in [0.3, 0.4) is 0 Å². The SMILES string of the molecule is C=C(c1ccccc1)c1n[nH]c2nc(N3CCC4(CC3)Cc3ccccc3[C@H]4N[S@+]([O-])C(C)(C)C)n3cnnc3c12. The number of piperidine rings is 1. The van der Waals surface area contributed by atoms with Gasteiger partial charge in [0.1, 0.15) is 16.8 Å². The predicted octanol–water partition coefficient (Wildman–Crippen LogP) is 5.00. The maximum absolute atomic E-state index is 13.3. The molecule has 3 aromatic heterocycles. The van der Waals surface area contributed by atoms with E-state index in [-0.39, 0.29) is 16.2 Å². The van der Waals surface area contributed by atoms with Crippen LogP contribution in [0.5, 0.6) is 0 Å². The molecule has 1 fully saturated rings. The molecule has 1 aliphatic carbocycles. The van der Waals surface area contributed by atoms with Crippen molar-refractivity contribution in [2.75, 3.05) is 18.0 Å². The van der Waals surface area contributed by atoms with Crippen molar-refractivity contribution in [2.24, 2.45) is 5.41 Å². The Kier molecular flexibility index (Phi) is 6.18. The van der Waals surface area contributed by atoms with Crippen molar-refractivity contribution >= 4 is 39.6 Å². The lowest BCUT2D eigenvalue weighted by Gasteiger charge is -2.44. The summed E-state index contributed by atoms with van der Waals surface area (Å²) in [6.45, 7) is 12.0. The lowest BCUT2D eigenvalue weighted by atomic mass is 9.73. The topological polar surface area (TPSA) is 110 Å². The standard InChI is InChI=1S/C31H34N8OS/c1-20(21-10-6-5-7-11-21)25-24-27(35-34-25)33-29(39-19-32-36-28(24)39)38-16-14-31(15-17-38)18-22-12-8-9-13-23(22)26(31)37-41(40)30(2,3)4/h5-13,19,26,37H,1,14-18H2,2-4H3,(H,34,35)/t26-,41-/m1/s1. The van der Waals surface area contributed by atoms with Gasteiger partial charge < -0.3 is 9.45 Å². The van der Waals surface area contributed by atoms with Gasteiger partial charge in [0, 0.05) is 35.4 Å². The molecule has 9 nitrogen and oxygen atoms in total. The predicted molar refractivity (Wildman–Crippen MR) is 163 cm³/mol. The normalized spacial score (nSPS) is 19.2. The van der Waals surface area contributed by atoms with Crippen molar-refractivity contribution in [3.63, 3.8) is 0 Å². The lowest BCUT2D eigenvalue weighted by Crippen LogP contribution is -2.50. The molecule has 0 amide bonds. The van der Waals surface area contributed by atoms with E-state index in [2.05, 4.69) is 60.9 Å². The van der Waals surface area contributed by atoms with Crippen molar-refractivity contribution in [2.45, 2.75) is 50.8 Å². The highest BCUT2D eigenvalue weighted by atomic mass is 32.2. The molecule has 1 aliphatic heterocycles. The number of hydrogen-bond acceptors (Lipinski definition) is 7. The number of aromatic amines is 1. The Bertz CT molecular complexity index is 1750. The Morgan fingerprint density at radius 1 is 1.10 bits per heavy atom. The van der Waals surface area contributed by atoms with Crippen molar-refractivity contribution < 1.29 is 4.55 Å². The van der Waals surface area contributed by atoms with E-state index in [0.717, 1.165) is 60.5 Å². The summed E-state index contributed by atoms with van der Waals surface area (Å²) >= 11 is -1.17. The number of aromatic nitrogens is 6. The number of H-pyrrole nitrogens is 1. The third-order valence-corrected chi connectivity index (χ3v) is 10.3. The second kappa shape index (κ2) is 9.68. The Morgan fingerprint density at radius 3 is 2.59 bits per heavy atom. The Labute approximate surface area is 242 Å². The van der Waals surface area contributed by atoms with Crippen LogP contribution in [-0.4, -0.2) is 52.2 Å². The molecule has 0 saturated carbocycles. The zero-order chi connectivity index (χ0) is 28.4. The Morgan fingerprint density at radius 2 is 1.83 bits per heavy atom. The fourth-order valence-corrected chi connectivity index (χ4v) is 7.37. The van der Waals surface area contributed by atoms with Crippen LogP contribution in [0.4, 0.5) is 5.95 Å². The molecule has 1 spiro atoms. The highest BCUT2D eigenvalue weighted by Crippen LogP contribution is 2.53. The van der Waals surface area contributed by atoms with Crippen LogP contribution >= 0.6 is 0 Å². The quantitative estimate of drug-likeness (QED) is 0.288. The molecule has 0 radical (unpaired) electrons. The van der Waals surface area contributed by atoms with Crippen LogP contribution in [0, 0.1) is 5.41 Å². The first-order valence-corrected chi connectivity index (χ1v) is 15.2. The molecule has 10 heteroatoms. The van der Waals surface area contributed by atoms with E-state index >= 15 is 0 Å². The number of benzene rings is 2. The fourth-order valence-electron chi connectivity index (χ4n) is 6.43. The number of anilines is 1. The summed E-state index contributed by atoms with van der Waals surface area (Å²) in [7, 11) is 0. The monoisotopic (exact) mass is 566 g/mol. The fraction of sp³-hybridized carbons (Fsp3) is 0.355. The summed E-state index contributed by atoms with van der Waals surface area (Å²) in [5.41, 5.74) is 6.54. The molecule has 210 valence electrons. The van der Waals surface area contributed by atoms with Crippen LogP contribution in [0.25, 0.3) is 22.3 Å². The van der Waals surface area contributed by atoms with E-state index in [0.29, 0.717) is 11.3 Å². The van der Waals surface area contributed by atoms with E-state index in [1.165, 1.54) is 11.1 Å². The van der Waals surface area contributed by atoms with Gasteiger partial charge >= 0.3 is 0 Å². The van der Waals surface area contributed by atoms with Crippen molar-refractivity contribution in [1.82, 2.24) is 34.5 Å². The molecule has 2 aromatic carbocycles. The molecular weight excluding hydrogens is 532 g/mol. The summed E-state index contributed by atoms with van der Waals surface area (Å²) in [6.07, 6.45) is 4.61. The Balaban J connectivity index is 1.20. The highest BCUT2D eigenvalue weighted by Gasteiger charge is 2.50. The zero-order valence-electron chi connectivity index (χ0n) is 23.6. The molecule has 1 saturated heterocycles. The van der Waals surface area contributed by atoms with E-state index in [9.17, 15) is 4.55 Å². The van der Waals surface area contributed by atoms with Gasteiger partial charge in [-0.3, -0.25) is 9.50 Å². The van der Waals surface area contributed by atoms with Gasteiger partial charge in [-0.05, 0) is 56.7 Å². The number of nitrogens with zero attached hydrogens (tertiary/aromatic N) is 6. The van der Waals surface area contributed by atoms with E-state index in [1.807, 2.05) is 55.5 Å². The minimum atomic E-state index is -1.17. The molecule has 2 aliphatic rings. The number of hydrogen-bond donors (Lipinski definition) is 2. The highest BCUT2D eigenvalue weighted by molar-refractivity contribution is 7.90. The van der Waals surface area contributed by atoms with Gasteiger partial charge in [-0.25, -0.2) is 0 Å². The maximum Gasteiger partial charge on any atom is 0.214 e. The first kappa shape index (κ1) is 26.2. The molecule has 2 atom stereocenters. The van der Waals surface area contributed by atoms with Crippen molar-refractivity contribution in [3.05, 3.63) is 89.9 Å². The summed E-state index contributed by atoms with van der Waals surface area (Å²) in [5.74, 6) is 0.797. The molecule has 41 heavy (non-hydrogen) atoms. The van der Waals surface area contributed by atoms with Crippen LogP contribution in [0.15, 0.2) is 67.5 Å². The van der Waals surface area contributed by atoms with E-state index in [4.69, 9.17) is 4.98 Å². The van der Waals surface area contributed by atoms with Gasteiger partial charge in [-0.15, -0.1) is 14.9 Å². The average Bonchev–Trinajstić information content (AvgIpc) is 3.69. The third-order valence-electron chi connectivity index (χ3n) is 8.70. The third kappa shape index (κ3) is 4.32. The maximum atomic E-state index is 13.3. The molecule has 4 heterocycles. The van der Waals surface area contributed by atoms with Crippen molar-refractivity contribution in [1.29, 1.82) is 0 Å². The van der Waals surface area contributed by atoms with Gasteiger partial charge in [-0.2, -0.15) is 10.1 Å². The van der Waals surface area contributed by atoms with Gasteiger partial charge in [0.2, 0.25) is 5.95 Å². The molecule has 0 bridgehead atoms. The van der Waals surface area contributed by atoms with Gasteiger partial charge in [0.05, 0.1) is 11.4 Å². The number of rotatable bonds is 5. The van der Waals surface area contributed by atoms with Gasteiger partial charge in [0.25, 0.3) is 0 Å². The van der Waals surface area contributed by atoms with Crippen LogP contribution < -0.4 is 9.62 Å². The largest absolute Gasteiger partial charge is 0.598 e. The second-order valence-electron chi connectivity index (χ2n) is 12.2. The van der Waals surface area contributed by atoms with Gasteiger partial charge in [-0.1, -0.05) is 61.2 Å². The smallest absolute Gasteiger partial charge is 0.214 e. The zero-order valence-corrected chi connectivity index (χ0v) is 24.4. The van der Waals surface area contributed by atoms with Crippen LogP contribution in [-0.2, 0) is 17.8 Å². The van der Waals surface area contributed by atoms with E-state index < -0.39 is 11.4 Å². The Hall–Kier alpha value is -3.73. The summed E-state index contributed by atoms with van der Waals surface area (Å²) in [4.78, 5) is 7.35. The molecule has 2 N–H and O–H groups in total. The van der Waals surface area contributed by atoms with E-state index in [1.54, 1.807) is 6.33 Å². The van der Waals surface area contributed by atoms with Crippen LogP contribution in [0.1, 0.15) is 62.0 Å². The minimum Gasteiger partial charge on any atom is -0.598 e. The molecule has 5 aromatic rings. The first-order chi connectivity index (χ1) is 19.7. The molecular formula is C31H34N8OS. The number of nitrogens with one attached hydrogen (secondary N) is 2. The lowest BCUT2D eigenvalue weighted by molar-refractivity contribution is 0.175. The number of fused-ring (bicyclic) bond motifs is 4. The minimum absolute atomic E-state index is 0.00785.